The van der Waals surface area contributed by atoms with E-state index in [1.165, 1.54) is 19.3 Å². The Hall–Kier alpha value is -4.37. The molecule has 1 fully saturated rings. The summed E-state index contributed by atoms with van der Waals surface area (Å²) < 4.78 is 82.6. The number of hydrogen-bond donors (Lipinski definition) is 2. The van der Waals surface area contributed by atoms with E-state index in [4.69, 9.17) is 4.42 Å². The number of alkyl halides is 6. The number of nitrogens with zero attached hydrogens (tertiary/aromatic N) is 2. The van der Waals surface area contributed by atoms with Gasteiger partial charge < -0.3 is 15.1 Å². The molecule has 1 aliphatic carbocycles. The second kappa shape index (κ2) is 15.7. The molecule has 1 aliphatic rings. The Bertz CT molecular complexity index is 1700. The van der Waals surface area contributed by atoms with E-state index in [0.717, 1.165) is 42.5 Å². The van der Waals surface area contributed by atoms with Gasteiger partial charge in [0.25, 0.3) is 5.91 Å². The molecule has 0 bridgehead atoms. The molecule has 0 radical (unpaired) electrons. The first-order chi connectivity index (χ1) is 22.7. The molecule has 1 saturated carbocycles. The maximum atomic E-state index is 12.8. The molecule has 6 nitrogen and oxygen atoms in total. The van der Waals surface area contributed by atoms with Crippen LogP contribution in [0.4, 0.5) is 26.3 Å². The van der Waals surface area contributed by atoms with Gasteiger partial charge in [0.15, 0.2) is 5.58 Å². The van der Waals surface area contributed by atoms with Crippen molar-refractivity contribution in [3.63, 3.8) is 0 Å². The molecule has 256 valence electrons. The summed E-state index contributed by atoms with van der Waals surface area (Å²) in [5, 5.41) is 14.7. The highest BCUT2D eigenvalue weighted by atomic mass is 19.4. The Morgan fingerprint density at radius 2 is 1.58 bits per heavy atom. The number of halogens is 6. The lowest BCUT2D eigenvalue weighted by Crippen LogP contribution is -2.20. The molecule has 0 saturated heterocycles. The van der Waals surface area contributed by atoms with E-state index in [1.54, 1.807) is 37.4 Å². The van der Waals surface area contributed by atoms with Gasteiger partial charge >= 0.3 is 12.4 Å². The second-order valence-electron chi connectivity index (χ2n) is 12.2. The van der Waals surface area contributed by atoms with Gasteiger partial charge in [-0.15, -0.1) is 0 Å². The number of nitrogens with one attached hydrogen (secondary N) is 2. The largest absolute Gasteiger partial charge is 0.436 e. The third kappa shape index (κ3) is 9.60. The SMILES string of the molecule is CNC(=O)c1ccc(-c2nc3cc(C#N)cc(C(C)C)c3o2)cc1.FC(F)(F)c1cc(CNCCC2CCCCC2)cc(C(F)(F)F)c1. The van der Waals surface area contributed by atoms with Crippen LogP contribution in [0.25, 0.3) is 22.6 Å². The van der Waals surface area contributed by atoms with E-state index in [1.807, 2.05) is 6.07 Å². The lowest BCUT2D eigenvalue weighted by molar-refractivity contribution is -0.143. The average Bonchev–Trinajstić information content (AvgIpc) is 3.50. The Morgan fingerprint density at radius 1 is 0.958 bits per heavy atom. The third-order valence-electron chi connectivity index (χ3n) is 8.32. The Morgan fingerprint density at radius 3 is 2.12 bits per heavy atom. The maximum Gasteiger partial charge on any atom is 0.416 e. The number of carbonyl (C=O) groups is 1. The summed E-state index contributed by atoms with van der Waals surface area (Å²) in [6.07, 6.45) is -2.72. The topological polar surface area (TPSA) is 91.0 Å². The highest BCUT2D eigenvalue weighted by Gasteiger charge is 2.36. The van der Waals surface area contributed by atoms with Gasteiger partial charge in [0.2, 0.25) is 5.89 Å². The predicted octanol–water partition coefficient (Wildman–Crippen LogP) is 9.63. The van der Waals surface area contributed by atoms with Crippen molar-refractivity contribution in [1.29, 1.82) is 5.26 Å². The predicted molar refractivity (Wildman–Crippen MR) is 171 cm³/mol. The first-order valence-corrected chi connectivity index (χ1v) is 15.9. The summed E-state index contributed by atoms with van der Waals surface area (Å²) in [7, 11) is 1.59. The molecule has 12 heteroatoms. The summed E-state index contributed by atoms with van der Waals surface area (Å²) in [4.78, 5) is 16.1. The van der Waals surface area contributed by atoms with Crippen LogP contribution in [0.1, 0.15) is 96.5 Å². The highest BCUT2D eigenvalue weighted by Crippen LogP contribution is 2.36. The van der Waals surface area contributed by atoms with Crippen LogP contribution in [0.3, 0.4) is 0 Å². The fraction of sp³-hybridized carbons (Fsp3) is 0.417. The van der Waals surface area contributed by atoms with Crippen LogP contribution in [-0.2, 0) is 18.9 Å². The summed E-state index contributed by atoms with van der Waals surface area (Å²) in [5.41, 5.74) is 1.74. The molecule has 2 N–H and O–H groups in total. The van der Waals surface area contributed by atoms with E-state index < -0.39 is 23.5 Å². The van der Waals surface area contributed by atoms with Gasteiger partial charge in [-0.05, 0) is 85.0 Å². The van der Waals surface area contributed by atoms with Crippen molar-refractivity contribution in [3.8, 4) is 17.5 Å². The summed E-state index contributed by atoms with van der Waals surface area (Å²) >= 11 is 0. The lowest BCUT2D eigenvalue weighted by atomic mass is 9.87. The number of fused-ring (bicyclic) bond motifs is 1. The van der Waals surface area contributed by atoms with Crippen molar-refractivity contribution in [2.24, 2.45) is 5.92 Å². The molecule has 48 heavy (non-hydrogen) atoms. The zero-order chi connectivity index (χ0) is 35.1. The molecule has 4 aromatic rings. The van der Waals surface area contributed by atoms with Crippen LogP contribution in [0, 0.1) is 17.2 Å². The van der Waals surface area contributed by atoms with Gasteiger partial charge in [-0.2, -0.15) is 31.6 Å². The molecule has 0 atom stereocenters. The van der Waals surface area contributed by atoms with E-state index in [0.29, 0.717) is 40.6 Å². The van der Waals surface area contributed by atoms with Crippen molar-refractivity contribution in [1.82, 2.24) is 15.6 Å². The molecule has 0 unspecified atom stereocenters. The molecule has 0 spiro atoms. The minimum atomic E-state index is -4.79. The van der Waals surface area contributed by atoms with Crippen LogP contribution < -0.4 is 10.6 Å². The van der Waals surface area contributed by atoms with E-state index in [9.17, 15) is 36.4 Å². The van der Waals surface area contributed by atoms with Crippen molar-refractivity contribution < 1.29 is 35.6 Å². The van der Waals surface area contributed by atoms with E-state index in [2.05, 4.69) is 35.5 Å². The number of amides is 1. The molecule has 0 aliphatic heterocycles. The minimum absolute atomic E-state index is 0.000278. The number of benzene rings is 3. The van der Waals surface area contributed by atoms with Crippen molar-refractivity contribution >= 4 is 17.0 Å². The first-order valence-electron chi connectivity index (χ1n) is 15.9. The molecule has 1 heterocycles. The summed E-state index contributed by atoms with van der Waals surface area (Å²) in [6, 6.07) is 14.5. The van der Waals surface area contributed by atoms with Gasteiger partial charge in [0, 0.05) is 30.3 Å². The van der Waals surface area contributed by atoms with Gasteiger partial charge in [0.05, 0.1) is 22.8 Å². The number of carbonyl (C=O) groups excluding carboxylic acids is 1. The van der Waals surface area contributed by atoms with Crippen LogP contribution in [0.5, 0.6) is 0 Å². The third-order valence-corrected chi connectivity index (χ3v) is 8.32. The lowest BCUT2D eigenvalue weighted by Gasteiger charge is -2.21. The number of nitriles is 1. The summed E-state index contributed by atoms with van der Waals surface area (Å²) in [6.45, 7) is 4.70. The molecule has 5 rings (SSSR count). The van der Waals surface area contributed by atoms with E-state index >= 15 is 0 Å². The fourth-order valence-corrected chi connectivity index (χ4v) is 5.72. The Kier molecular flexibility index (Phi) is 11.9. The van der Waals surface area contributed by atoms with Crippen LogP contribution in [-0.4, -0.2) is 24.5 Å². The van der Waals surface area contributed by atoms with Gasteiger partial charge in [-0.3, -0.25) is 4.79 Å². The van der Waals surface area contributed by atoms with Crippen LogP contribution in [0.2, 0.25) is 0 Å². The number of aromatic nitrogens is 1. The minimum Gasteiger partial charge on any atom is -0.436 e. The molecular formula is C36H38F6N4O2. The number of rotatable bonds is 8. The molecule has 1 amide bonds. The zero-order valence-corrected chi connectivity index (χ0v) is 27.0. The van der Waals surface area contributed by atoms with Gasteiger partial charge in [0.1, 0.15) is 5.52 Å². The van der Waals surface area contributed by atoms with E-state index in [-0.39, 0.29) is 30.0 Å². The monoisotopic (exact) mass is 672 g/mol. The van der Waals surface area contributed by atoms with Crippen molar-refractivity contribution in [2.45, 2.75) is 77.2 Å². The number of hydrogen-bond acceptors (Lipinski definition) is 5. The fourth-order valence-electron chi connectivity index (χ4n) is 5.72. The van der Waals surface area contributed by atoms with Crippen LogP contribution >= 0.6 is 0 Å². The smallest absolute Gasteiger partial charge is 0.416 e. The Balaban J connectivity index is 0.000000217. The molecule has 1 aromatic heterocycles. The van der Waals surface area contributed by atoms with Crippen LogP contribution in [0.15, 0.2) is 59.0 Å². The normalized spacial score (nSPS) is 14.0. The summed E-state index contributed by atoms with van der Waals surface area (Å²) in [5.74, 6) is 1.17. The second-order valence-corrected chi connectivity index (χ2v) is 12.2. The standard InChI is InChI=1S/C19H17N3O2.C17H21F6N/c1-11(2)15-8-12(10-20)9-16-17(15)24-19(22-16)14-6-4-13(5-7-14)18(23)21-3;18-16(19,20)14-8-13(9-15(10-14)17(21,22)23)11-24-7-6-12-4-2-1-3-5-12/h4-9,11H,1-3H3,(H,21,23);8-10,12,24H,1-7,11H2. The van der Waals surface area contributed by atoms with Crippen molar-refractivity contribution in [3.05, 3.63) is 88.0 Å². The quantitative estimate of drug-likeness (QED) is 0.144. The molecule has 3 aromatic carbocycles. The Labute approximate surface area is 275 Å². The van der Waals surface area contributed by atoms with Crippen molar-refractivity contribution in [2.75, 3.05) is 13.6 Å². The van der Waals surface area contributed by atoms with Gasteiger partial charge in [-0.1, -0.05) is 46.0 Å². The maximum absolute atomic E-state index is 12.8. The zero-order valence-electron chi connectivity index (χ0n) is 27.0. The highest BCUT2D eigenvalue weighted by molar-refractivity contribution is 5.94. The van der Waals surface area contributed by atoms with Gasteiger partial charge in [-0.25, -0.2) is 4.98 Å². The average molecular weight is 673 g/mol. The molecular weight excluding hydrogens is 634 g/mol. The number of oxazole rings is 1. The first kappa shape index (κ1) is 36.5.